The number of halogens is 2. The minimum Gasteiger partial charge on any atom is -0.459 e. The Morgan fingerprint density at radius 1 is 1.08 bits per heavy atom. The summed E-state index contributed by atoms with van der Waals surface area (Å²) in [7, 11) is 0. The van der Waals surface area contributed by atoms with Gasteiger partial charge in [-0.3, -0.25) is 0 Å². The normalized spacial score (nSPS) is 34.2. The third-order valence-electron chi connectivity index (χ3n) is 5.14. The lowest BCUT2D eigenvalue weighted by molar-refractivity contribution is -0.433. The van der Waals surface area contributed by atoms with Gasteiger partial charge in [-0.15, -0.1) is 4.33 Å². The van der Waals surface area contributed by atoms with Crippen LogP contribution >= 0.6 is 12.0 Å². The fourth-order valence-corrected chi connectivity index (χ4v) is 4.80. The minimum atomic E-state index is -4.12. The van der Waals surface area contributed by atoms with Crippen molar-refractivity contribution in [3.8, 4) is 0 Å². The molecule has 0 aromatic rings. The summed E-state index contributed by atoms with van der Waals surface area (Å²) in [6.45, 7) is -0.891. The molecule has 0 spiro atoms. The lowest BCUT2D eigenvalue weighted by Gasteiger charge is -2.53. The number of hydrogen-bond acceptors (Lipinski definition) is 8. The second kappa shape index (κ2) is 7.11. The van der Waals surface area contributed by atoms with Crippen LogP contribution in [0.25, 0.3) is 0 Å². The topological polar surface area (TPSA) is 91.3 Å². The van der Waals surface area contributed by atoms with Gasteiger partial charge in [-0.05, 0) is 55.8 Å². The minimum absolute atomic E-state index is 0.204. The van der Waals surface area contributed by atoms with Crippen LogP contribution in [0, 0.1) is 23.7 Å². The van der Waals surface area contributed by atoms with Crippen molar-refractivity contribution in [2.24, 2.45) is 23.7 Å². The first-order chi connectivity index (χ1) is 11.4. The van der Waals surface area contributed by atoms with Gasteiger partial charge >= 0.3 is 17.2 Å². The standard InChI is InChI=1S/C14H18F2O7S/c15-14(16,24-23-22-19)13(18)20-6-11(17)21-12-9-2-7-1-8(4-9)5-10(12)3-7/h7-10,12,19H,1-6H2. The third kappa shape index (κ3) is 3.81. The molecule has 0 atom stereocenters. The Morgan fingerprint density at radius 3 is 2.21 bits per heavy atom. The predicted octanol–water partition coefficient (Wildman–Crippen LogP) is 2.56. The molecule has 0 aliphatic heterocycles. The second-order valence-corrected chi connectivity index (χ2v) is 7.52. The second-order valence-electron chi connectivity index (χ2n) is 6.70. The Balaban J connectivity index is 1.45. The monoisotopic (exact) mass is 368 g/mol. The zero-order valence-corrected chi connectivity index (χ0v) is 13.5. The highest BCUT2D eigenvalue weighted by atomic mass is 32.2. The molecule has 4 rings (SSSR count). The number of carbonyl (C=O) groups is 2. The molecule has 0 aromatic carbocycles. The molecule has 0 radical (unpaired) electrons. The molecule has 0 saturated heterocycles. The molecular weight excluding hydrogens is 350 g/mol. The van der Waals surface area contributed by atoms with E-state index in [2.05, 4.69) is 14.1 Å². The Labute approximate surface area is 141 Å². The van der Waals surface area contributed by atoms with E-state index in [1.807, 2.05) is 0 Å². The van der Waals surface area contributed by atoms with E-state index in [1.54, 1.807) is 0 Å². The maximum Gasteiger partial charge on any atom is 0.415 e. The molecule has 1 N–H and O–H groups in total. The van der Waals surface area contributed by atoms with Crippen LogP contribution in [0.4, 0.5) is 8.78 Å². The van der Waals surface area contributed by atoms with Crippen molar-refractivity contribution in [2.45, 2.75) is 43.5 Å². The van der Waals surface area contributed by atoms with Gasteiger partial charge in [-0.25, -0.2) is 14.8 Å². The summed E-state index contributed by atoms with van der Waals surface area (Å²) in [5.74, 6) is -0.733. The van der Waals surface area contributed by atoms with Crippen LogP contribution in [0.5, 0.6) is 0 Å². The Hall–Kier alpha value is -0.970. The van der Waals surface area contributed by atoms with Crippen molar-refractivity contribution in [3.63, 3.8) is 0 Å². The van der Waals surface area contributed by atoms with Gasteiger partial charge in [0.05, 0.1) is 0 Å². The fraction of sp³-hybridized carbons (Fsp3) is 0.857. The van der Waals surface area contributed by atoms with Crippen molar-refractivity contribution in [3.05, 3.63) is 0 Å². The van der Waals surface area contributed by atoms with Crippen molar-refractivity contribution in [2.75, 3.05) is 6.61 Å². The van der Waals surface area contributed by atoms with Crippen LogP contribution in [-0.2, 0) is 28.4 Å². The third-order valence-corrected chi connectivity index (χ3v) is 5.64. The van der Waals surface area contributed by atoms with Crippen LogP contribution in [0.2, 0.25) is 0 Å². The maximum atomic E-state index is 13.2. The molecule has 4 saturated carbocycles. The van der Waals surface area contributed by atoms with Gasteiger partial charge < -0.3 is 9.47 Å². The molecule has 0 amide bonds. The average molecular weight is 368 g/mol. The van der Waals surface area contributed by atoms with Crippen molar-refractivity contribution in [1.29, 1.82) is 0 Å². The first-order valence-electron chi connectivity index (χ1n) is 7.79. The summed E-state index contributed by atoms with van der Waals surface area (Å²) in [6.07, 6.45) is 5.22. The van der Waals surface area contributed by atoms with Gasteiger partial charge in [0.1, 0.15) is 18.1 Å². The Kier molecular flexibility index (Phi) is 5.28. The summed E-state index contributed by atoms with van der Waals surface area (Å²) >= 11 is -0.739. The molecule has 0 aromatic heterocycles. The Bertz CT molecular complexity index is 474. The first-order valence-corrected chi connectivity index (χ1v) is 8.53. The molecule has 0 heterocycles. The van der Waals surface area contributed by atoms with E-state index in [0.29, 0.717) is 23.7 Å². The number of carbonyl (C=O) groups excluding carboxylic acids is 2. The summed E-state index contributed by atoms with van der Waals surface area (Å²) in [6, 6.07) is 0. The van der Waals surface area contributed by atoms with Crippen LogP contribution in [0.1, 0.15) is 32.1 Å². The molecule has 4 aliphatic rings. The van der Waals surface area contributed by atoms with Gasteiger partial charge in [-0.1, -0.05) is 5.04 Å². The highest BCUT2D eigenvalue weighted by Crippen LogP contribution is 2.54. The smallest absolute Gasteiger partial charge is 0.415 e. The number of rotatable bonds is 7. The van der Waals surface area contributed by atoms with Gasteiger partial charge in [0.2, 0.25) is 0 Å². The molecule has 136 valence electrons. The molecule has 0 unspecified atom stereocenters. The van der Waals surface area contributed by atoms with Gasteiger partial charge in [0.25, 0.3) is 0 Å². The number of alkyl halides is 2. The summed E-state index contributed by atoms with van der Waals surface area (Å²) < 4.78 is 39.5. The van der Waals surface area contributed by atoms with Crippen LogP contribution < -0.4 is 0 Å². The highest BCUT2D eigenvalue weighted by Gasteiger charge is 2.50. The fourth-order valence-electron chi connectivity index (χ4n) is 4.55. The van der Waals surface area contributed by atoms with Crippen molar-refractivity contribution in [1.82, 2.24) is 0 Å². The SMILES string of the molecule is O=C(COC(=O)C(F)(F)SOOO)OC1C2CC3CC(C2)CC1C3. The lowest BCUT2D eigenvalue weighted by atomic mass is 9.55. The average Bonchev–Trinajstić information content (AvgIpc) is 2.53. The lowest BCUT2D eigenvalue weighted by Crippen LogP contribution is -2.50. The van der Waals surface area contributed by atoms with Crippen LogP contribution in [0.3, 0.4) is 0 Å². The molecule has 7 nitrogen and oxygen atoms in total. The molecule has 4 bridgehead atoms. The molecule has 4 fully saturated rings. The van der Waals surface area contributed by atoms with E-state index in [0.717, 1.165) is 25.7 Å². The molecule has 4 aliphatic carbocycles. The van der Waals surface area contributed by atoms with E-state index >= 15 is 0 Å². The zero-order valence-electron chi connectivity index (χ0n) is 12.7. The Morgan fingerprint density at radius 2 is 1.67 bits per heavy atom. The van der Waals surface area contributed by atoms with E-state index in [4.69, 9.17) is 9.99 Å². The van der Waals surface area contributed by atoms with Crippen LogP contribution in [0.15, 0.2) is 0 Å². The summed E-state index contributed by atoms with van der Waals surface area (Å²) in [5.41, 5.74) is 0. The first kappa shape index (κ1) is 17.8. The largest absolute Gasteiger partial charge is 0.459 e. The molecule has 10 heteroatoms. The van der Waals surface area contributed by atoms with E-state index < -0.39 is 35.8 Å². The van der Waals surface area contributed by atoms with Gasteiger partial charge in [0.15, 0.2) is 6.61 Å². The maximum absolute atomic E-state index is 13.2. The van der Waals surface area contributed by atoms with E-state index in [-0.39, 0.29) is 6.10 Å². The zero-order chi connectivity index (χ0) is 17.3. The molecular formula is C14H18F2O7S. The van der Waals surface area contributed by atoms with Gasteiger partial charge in [-0.2, -0.15) is 8.78 Å². The highest BCUT2D eigenvalue weighted by molar-refractivity contribution is 7.96. The quantitative estimate of drug-likeness (QED) is 0.317. The number of esters is 2. The van der Waals surface area contributed by atoms with E-state index in [1.165, 1.54) is 6.42 Å². The van der Waals surface area contributed by atoms with Crippen LogP contribution in [-0.4, -0.2) is 35.2 Å². The van der Waals surface area contributed by atoms with Crippen molar-refractivity contribution >= 4 is 24.0 Å². The predicted molar refractivity (Wildman–Crippen MR) is 75.2 cm³/mol. The number of hydrogen-bond donors (Lipinski definition) is 1. The summed E-state index contributed by atoms with van der Waals surface area (Å²) in [4.78, 5) is 23.0. The number of ether oxygens (including phenoxy) is 2. The summed E-state index contributed by atoms with van der Waals surface area (Å²) in [5, 5.41) is 6.68. The van der Waals surface area contributed by atoms with Gasteiger partial charge in [0, 0.05) is 0 Å². The molecule has 24 heavy (non-hydrogen) atoms. The van der Waals surface area contributed by atoms with E-state index in [9.17, 15) is 18.4 Å². The van der Waals surface area contributed by atoms with Crippen molar-refractivity contribution < 1.29 is 42.5 Å².